The molecule has 0 saturated carbocycles. The molecule has 0 unspecified atom stereocenters. The van der Waals surface area contributed by atoms with Crippen molar-refractivity contribution in [2.75, 3.05) is 11.9 Å². The third-order valence-electron chi connectivity index (χ3n) is 1.99. The van der Waals surface area contributed by atoms with Crippen LogP contribution in [0, 0.1) is 0 Å². The van der Waals surface area contributed by atoms with Crippen molar-refractivity contribution in [1.82, 2.24) is 9.88 Å². The second-order valence-corrected chi connectivity index (χ2v) is 5.31. The number of anilines is 1. The molecule has 0 aliphatic rings. The van der Waals surface area contributed by atoms with Crippen molar-refractivity contribution in [1.29, 1.82) is 0 Å². The SMILES string of the molecule is CC(C)(C)N(CC(=O)O)C(=O)Nc1nccs1. The lowest BCUT2D eigenvalue weighted by atomic mass is 10.1. The fourth-order valence-corrected chi connectivity index (χ4v) is 1.71. The Bertz CT molecular complexity index is 397. The van der Waals surface area contributed by atoms with E-state index in [0.29, 0.717) is 5.13 Å². The second kappa shape index (κ2) is 5.13. The number of amides is 2. The summed E-state index contributed by atoms with van der Waals surface area (Å²) in [5.41, 5.74) is -0.570. The smallest absolute Gasteiger partial charge is 0.324 e. The molecule has 0 atom stereocenters. The minimum atomic E-state index is -1.05. The van der Waals surface area contributed by atoms with Gasteiger partial charge in [-0.3, -0.25) is 10.1 Å². The van der Waals surface area contributed by atoms with Gasteiger partial charge in [-0.1, -0.05) is 0 Å². The van der Waals surface area contributed by atoms with Crippen LogP contribution >= 0.6 is 11.3 Å². The van der Waals surface area contributed by atoms with Gasteiger partial charge in [-0.25, -0.2) is 9.78 Å². The molecule has 0 aromatic carbocycles. The number of carboxylic acid groups (broad SMARTS) is 1. The van der Waals surface area contributed by atoms with Crippen LogP contribution in [0.5, 0.6) is 0 Å². The zero-order valence-corrected chi connectivity index (χ0v) is 10.7. The molecule has 1 aromatic rings. The average molecular weight is 257 g/mol. The van der Waals surface area contributed by atoms with Gasteiger partial charge in [0.15, 0.2) is 5.13 Å². The molecule has 1 aromatic heterocycles. The first-order chi connectivity index (χ1) is 7.80. The van der Waals surface area contributed by atoms with Gasteiger partial charge >= 0.3 is 12.0 Å². The van der Waals surface area contributed by atoms with Crippen LogP contribution in [0.1, 0.15) is 20.8 Å². The number of hydrogen-bond acceptors (Lipinski definition) is 4. The van der Waals surface area contributed by atoms with E-state index in [4.69, 9.17) is 5.11 Å². The van der Waals surface area contributed by atoms with Gasteiger partial charge in [-0.15, -0.1) is 11.3 Å². The molecule has 0 spiro atoms. The Hall–Kier alpha value is -1.63. The van der Waals surface area contributed by atoms with Crippen molar-refractivity contribution in [3.63, 3.8) is 0 Å². The molecule has 7 heteroatoms. The number of hydrogen-bond donors (Lipinski definition) is 2. The summed E-state index contributed by atoms with van der Waals surface area (Å²) in [5.74, 6) is -1.05. The molecule has 0 saturated heterocycles. The van der Waals surface area contributed by atoms with E-state index < -0.39 is 17.5 Å². The predicted molar refractivity (Wildman–Crippen MR) is 65.2 cm³/mol. The Morgan fingerprint density at radius 1 is 1.53 bits per heavy atom. The summed E-state index contributed by atoms with van der Waals surface area (Å²) in [6.45, 7) is 4.98. The van der Waals surface area contributed by atoms with Gasteiger partial charge < -0.3 is 10.0 Å². The number of nitrogens with one attached hydrogen (secondary N) is 1. The molecule has 0 aliphatic heterocycles. The maximum Gasteiger partial charge on any atom is 0.324 e. The lowest BCUT2D eigenvalue weighted by Crippen LogP contribution is -2.50. The molecule has 0 fully saturated rings. The number of aliphatic carboxylic acids is 1. The maximum absolute atomic E-state index is 11.9. The highest BCUT2D eigenvalue weighted by Gasteiger charge is 2.28. The summed E-state index contributed by atoms with van der Waals surface area (Å²) in [6, 6.07) is -0.463. The molecule has 1 heterocycles. The molecular formula is C10H15N3O3S. The summed E-state index contributed by atoms with van der Waals surface area (Å²) in [6.07, 6.45) is 1.57. The van der Waals surface area contributed by atoms with Gasteiger partial charge in [-0.2, -0.15) is 0 Å². The van der Waals surface area contributed by atoms with Crippen LogP contribution in [0.2, 0.25) is 0 Å². The van der Waals surface area contributed by atoms with E-state index in [9.17, 15) is 9.59 Å². The number of rotatable bonds is 3. The number of aromatic nitrogens is 1. The number of nitrogens with zero attached hydrogens (tertiary/aromatic N) is 2. The minimum absolute atomic E-state index is 0.347. The first kappa shape index (κ1) is 13.4. The Kier molecular flexibility index (Phi) is 4.06. The van der Waals surface area contributed by atoms with E-state index in [0.717, 1.165) is 0 Å². The van der Waals surface area contributed by atoms with E-state index in [1.54, 1.807) is 32.3 Å². The highest BCUT2D eigenvalue weighted by atomic mass is 32.1. The van der Waals surface area contributed by atoms with E-state index in [-0.39, 0.29) is 6.54 Å². The Morgan fingerprint density at radius 2 is 2.18 bits per heavy atom. The maximum atomic E-state index is 11.9. The Morgan fingerprint density at radius 3 is 2.59 bits per heavy atom. The predicted octanol–water partition coefficient (Wildman–Crippen LogP) is 1.86. The van der Waals surface area contributed by atoms with Gasteiger partial charge in [0.25, 0.3) is 0 Å². The summed E-state index contributed by atoms with van der Waals surface area (Å²) in [4.78, 5) is 27.8. The summed E-state index contributed by atoms with van der Waals surface area (Å²) < 4.78 is 0. The van der Waals surface area contributed by atoms with E-state index >= 15 is 0 Å². The van der Waals surface area contributed by atoms with Crippen molar-refractivity contribution in [3.05, 3.63) is 11.6 Å². The number of urea groups is 1. The van der Waals surface area contributed by atoms with Crippen molar-refractivity contribution in [3.8, 4) is 0 Å². The normalized spacial score (nSPS) is 11.0. The fraction of sp³-hybridized carbons (Fsp3) is 0.500. The number of thiazole rings is 1. The minimum Gasteiger partial charge on any atom is -0.480 e. The molecule has 0 aliphatic carbocycles. The van der Waals surface area contributed by atoms with Gasteiger partial charge in [0.1, 0.15) is 6.54 Å². The molecule has 2 amide bonds. The van der Waals surface area contributed by atoms with Crippen molar-refractivity contribution >= 4 is 28.5 Å². The lowest BCUT2D eigenvalue weighted by Gasteiger charge is -2.33. The number of carboxylic acids is 1. The third-order valence-corrected chi connectivity index (χ3v) is 2.68. The van der Waals surface area contributed by atoms with Crippen LogP contribution in [0.4, 0.5) is 9.93 Å². The van der Waals surface area contributed by atoms with Crippen molar-refractivity contribution < 1.29 is 14.7 Å². The van der Waals surface area contributed by atoms with Crippen molar-refractivity contribution in [2.24, 2.45) is 0 Å². The van der Waals surface area contributed by atoms with Gasteiger partial charge in [0.05, 0.1) is 0 Å². The monoisotopic (exact) mass is 257 g/mol. The molecule has 1 rings (SSSR count). The molecule has 6 nitrogen and oxygen atoms in total. The first-order valence-corrected chi connectivity index (χ1v) is 5.88. The number of carbonyl (C=O) groups excluding carboxylic acids is 1. The fourth-order valence-electron chi connectivity index (χ4n) is 1.19. The standard InChI is InChI=1S/C10H15N3O3S/c1-10(2,3)13(6-7(14)15)9(16)12-8-11-4-5-17-8/h4-5H,6H2,1-3H3,(H,14,15)(H,11,12,16). The van der Waals surface area contributed by atoms with Crippen LogP contribution < -0.4 is 5.32 Å². The zero-order valence-electron chi connectivity index (χ0n) is 9.93. The Balaban J connectivity index is 2.76. The Labute approximate surface area is 103 Å². The molecule has 94 valence electrons. The first-order valence-electron chi connectivity index (χ1n) is 5.00. The largest absolute Gasteiger partial charge is 0.480 e. The van der Waals surface area contributed by atoms with Crippen LogP contribution in [0.25, 0.3) is 0 Å². The molecule has 0 radical (unpaired) electrons. The van der Waals surface area contributed by atoms with Crippen LogP contribution in [0.3, 0.4) is 0 Å². The topological polar surface area (TPSA) is 82.5 Å². The summed E-state index contributed by atoms with van der Waals surface area (Å²) >= 11 is 1.28. The summed E-state index contributed by atoms with van der Waals surface area (Å²) in [5, 5.41) is 13.5. The van der Waals surface area contributed by atoms with E-state index in [1.165, 1.54) is 16.2 Å². The van der Waals surface area contributed by atoms with Crippen molar-refractivity contribution in [2.45, 2.75) is 26.3 Å². The highest BCUT2D eigenvalue weighted by molar-refractivity contribution is 7.13. The number of carbonyl (C=O) groups is 2. The molecule has 2 N–H and O–H groups in total. The molecule has 17 heavy (non-hydrogen) atoms. The van der Waals surface area contributed by atoms with Gasteiger partial charge in [0.2, 0.25) is 0 Å². The quantitative estimate of drug-likeness (QED) is 0.865. The molecular weight excluding hydrogens is 242 g/mol. The van der Waals surface area contributed by atoms with Crippen LogP contribution in [-0.4, -0.2) is 39.1 Å². The zero-order chi connectivity index (χ0) is 13.1. The second-order valence-electron chi connectivity index (χ2n) is 4.42. The third kappa shape index (κ3) is 4.03. The van der Waals surface area contributed by atoms with Crippen LogP contribution in [0.15, 0.2) is 11.6 Å². The van der Waals surface area contributed by atoms with E-state index in [1.807, 2.05) is 0 Å². The van der Waals surface area contributed by atoms with E-state index in [2.05, 4.69) is 10.3 Å². The average Bonchev–Trinajstić information content (AvgIpc) is 2.64. The van der Waals surface area contributed by atoms with Crippen LogP contribution in [-0.2, 0) is 4.79 Å². The van der Waals surface area contributed by atoms with Gasteiger partial charge in [0, 0.05) is 17.1 Å². The highest BCUT2D eigenvalue weighted by Crippen LogP contribution is 2.17. The van der Waals surface area contributed by atoms with Gasteiger partial charge in [-0.05, 0) is 20.8 Å². The summed E-state index contributed by atoms with van der Waals surface area (Å²) in [7, 11) is 0. The lowest BCUT2D eigenvalue weighted by molar-refractivity contribution is -0.138. The molecule has 0 bridgehead atoms.